The van der Waals surface area contributed by atoms with Crippen molar-refractivity contribution in [2.75, 3.05) is 32.1 Å². The van der Waals surface area contributed by atoms with Crippen molar-refractivity contribution in [2.45, 2.75) is 25.7 Å². The number of carbonyl (C=O) groups excluding carboxylic acids is 1. The fourth-order valence-corrected chi connectivity index (χ4v) is 3.73. The van der Waals surface area contributed by atoms with E-state index in [0.29, 0.717) is 11.9 Å². The second-order valence-electron chi connectivity index (χ2n) is 7.41. The standard InChI is InChI=1S/C20H25N5O2/c1-24(2)20-22-18(23-27-20)7-6-14-9-12-25(13-10-14)19(26)16-4-3-5-17-15(16)8-11-21-17/h3-5,8,11,14,21H,6-7,9-10,12-13H2,1-2H3. The average Bonchev–Trinajstić information content (AvgIpc) is 3.35. The summed E-state index contributed by atoms with van der Waals surface area (Å²) in [7, 11) is 3.77. The van der Waals surface area contributed by atoms with Crippen LogP contribution in [0.1, 0.15) is 35.4 Å². The van der Waals surface area contributed by atoms with Crippen LogP contribution >= 0.6 is 0 Å². The lowest BCUT2D eigenvalue weighted by Crippen LogP contribution is -2.38. The minimum atomic E-state index is 0.132. The van der Waals surface area contributed by atoms with Crippen LogP contribution in [-0.2, 0) is 6.42 Å². The molecule has 0 radical (unpaired) electrons. The van der Waals surface area contributed by atoms with Gasteiger partial charge < -0.3 is 19.3 Å². The van der Waals surface area contributed by atoms with E-state index in [1.165, 1.54) is 0 Å². The largest absolute Gasteiger partial charge is 0.361 e. The van der Waals surface area contributed by atoms with Crippen molar-refractivity contribution in [1.29, 1.82) is 0 Å². The molecule has 3 heterocycles. The summed E-state index contributed by atoms with van der Waals surface area (Å²) in [5.74, 6) is 1.49. The molecular formula is C20H25N5O2. The number of likely N-dealkylation sites (tertiary alicyclic amines) is 1. The Hall–Kier alpha value is -2.83. The number of nitrogens with one attached hydrogen (secondary N) is 1. The van der Waals surface area contributed by atoms with Gasteiger partial charge in [0.15, 0.2) is 5.82 Å². The number of piperidine rings is 1. The monoisotopic (exact) mass is 367 g/mol. The number of aryl methyl sites for hydroxylation is 1. The zero-order chi connectivity index (χ0) is 18.8. The summed E-state index contributed by atoms with van der Waals surface area (Å²) in [4.78, 5) is 24.3. The van der Waals surface area contributed by atoms with Gasteiger partial charge in [0.2, 0.25) is 0 Å². The first kappa shape index (κ1) is 17.6. The molecule has 7 heteroatoms. The maximum atomic E-state index is 12.9. The predicted octanol–water partition coefficient (Wildman–Crippen LogP) is 3.10. The van der Waals surface area contributed by atoms with Crippen molar-refractivity contribution in [1.82, 2.24) is 20.0 Å². The molecule has 1 N–H and O–H groups in total. The number of fused-ring (bicyclic) bond motifs is 1. The van der Waals surface area contributed by atoms with Crippen LogP contribution in [-0.4, -0.2) is 53.1 Å². The van der Waals surface area contributed by atoms with Crippen molar-refractivity contribution in [3.05, 3.63) is 41.9 Å². The number of nitrogens with zero attached hydrogens (tertiary/aromatic N) is 4. The van der Waals surface area contributed by atoms with Crippen molar-refractivity contribution < 1.29 is 9.32 Å². The van der Waals surface area contributed by atoms with Gasteiger partial charge in [0.25, 0.3) is 5.91 Å². The first-order chi connectivity index (χ1) is 13.1. The second kappa shape index (κ2) is 7.42. The van der Waals surface area contributed by atoms with Gasteiger partial charge in [-0.25, -0.2) is 0 Å². The zero-order valence-corrected chi connectivity index (χ0v) is 15.8. The van der Waals surface area contributed by atoms with Crippen molar-refractivity contribution in [3.8, 4) is 0 Å². The van der Waals surface area contributed by atoms with Crippen LogP contribution in [0.15, 0.2) is 35.0 Å². The number of carbonyl (C=O) groups is 1. The topological polar surface area (TPSA) is 78.3 Å². The number of benzene rings is 1. The fourth-order valence-electron chi connectivity index (χ4n) is 3.73. The predicted molar refractivity (Wildman–Crippen MR) is 104 cm³/mol. The highest BCUT2D eigenvalue weighted by Crippen LogP contribution is 2.25. The lowest BCUT2D eigenvalue weighted by atomic mass is 9.91. The van der Waals surface area contributed by atoms with E-state index in [1.54, 1.807) is 0 Å². The van der Waals surface area contributed by atoms with Crippen LogP contribution < -0.4 is 4.90 Å². The molecule has 1 aliphatic rings. The molecule has 1 aromatic carbocycles. The molecule has 1 amide bonds. The molecule has 0 spiro atoms. The molecule has 0 aliphatic carbocycles. The highest BCUT2D eigenvalue weighted by molar-refractivity contribution is 6.06. The lowest BCUT2D eigenvalue weighted by molar-refractivity contribution is 0.0688. The maximum Gasteiger partial charge on any atom is 0.323 e. The first-order valence-corrected chi connectivity index (χ1v) is 9.47. The normalized spacial score (nSPS) is 15.4. The van der Waals surface area contributed by atoms with Crippen molar-refractivity contribution in [3.63, 3.8) is 0 Å². The first-order valence-electron chi connectivity index (χ1n) is 9.47. The van der Waals surface area contributed by atoms with E-state index in [-0.39, 0.29) is 5.91 Å². The van der Waals surface area contributed by atoms with Crippen LogP contribution in [0.5, 0.6) is 0 Å². The maximum absolute atomic E-state index is 12.9. The number of amides is 1. The third kappa shape index (κ3) is 3.67. The molecule has 2 aromatic heterocycles. The van der Waals surface area contributed by atoms with Gasteiger partial charge in [-0.1, -0.05) is 11.2 Å². The van der Waals surface area contributed by atoms with E-state index in [1.807, 2.05) is 54.4 Å². The summed E-state index contributed by atoms with van der Waals surface area (Å²) in [6, 6.07) is 8.37. The summed E-state index contributed by atoms with van der Waals surface area (Å²) < 4.78 is 5.20. The summed E-state index contributed by atoms with van der Waals surface area (Å²) in [5, 5.41) is 5.03. The molecule has 1 saturated heterocycles. The summed E-state index contributed by atoms with van der Waals surface area (Å²) >= 11 is 0. The molecule has 0 unspecified atom stereocenters. The summed E-state index contributed by atoms with van der Waals surface area (Å²) in [6.07, 6.45) is 5.77. The average molecular weight is 367 g/mol. The Labute approximate surface area is 158 Å². The summed E-state index contributed by atoms with van der Waals surface area (Å²) in [5.41, 5.74) is 1.79. The molecule has 0 bridgehead atoms. The SMILES string of the molecule is CN(C)c1nc(CCC2CCN(C(=O)c3cccc4[nH]ccc34)CC2)no1. The highest BCUT2D eigenvalue weighted by Gasteiger charge is 2.25. The van der Waals surface area contributed by atoms with E-state index < -0.39 is 0 Å². The number of aromatic amines is 1. The molecular weight excluding hydrogens is 342 g/mol. The molecule has 0 saturated carbocycles. The van der Waals surface area contributed by atoms with Crippen LogP contribution in [0.3, 0.4) is 0 Å². The van der Waals surface area contributed by atoms with Gasteiger partial charge in [0, 0.05) is 56.3 Å². The molecule has 1 fully saturated rings. The number of hydrogen-bond acceptors (Lipinski definition) is 5. The van der Waals surface area contributed by atoms with Crippen LogP contribution in [0.25, 0.3) is 10.9 Å². The smallest absolute Gasteiger partial charge is 0.323 e. The lowest BCUT2D eigenvalue weighted by Gasteiger charge is -2.32. The third-order valence-corrected chi connectivity index (χ3v) is 5.34. The van der Waals surface area contributed by atoms with Gasteiger partial charge in [-0.2, -0.15) is 4.98 Å². The van der Waals surface area contributed by atoms with Crippen LogP contribution in [0.4, 0.5) is 6.01 Å². The van der Waals surface area contributed by atoms with Gasteiger partial charge >= 0.3 is 6.01 Å². The van der Waals surface area contributed by atoms with Crippen LogP contribution in [0, 0.1) is 5.92 Å². The van der Waals surface area contributed by atoms with Gasteiger partial charge in [-0.05, 0) is 43.4 Å². The quantitative estimate of drug-likeness (QED) is 0.750. The number of aromatic nitrogens is 3. The molecule has 1 aliphatic heterocycles. The number of hydrogen-bond donors (Lipinski definition) is 1. The Balaban J connectivity index is 1.32. The highest BCUT2D eigenvalue weighted by atomic mass is 16.5. The van der Waals surface area contributed by atoms with Gasteiger partial charge in [0.1, 0.15) is 0 Å². The Bertz CT molecular complexity index is 921. The molecule has 7 nitrogen and oxygen atoms in total. The molecule has 27 heavy (non-hydrogen) atoms. The molecule has 142 valence electrons. The minimum absolute atomic E-state index is 0.132. The Morgan fingerprint density at radius 1 is 1.30 bits per heavy atom. The van der Waals surface area contributed by atoms with E-state index in [2.05, 4.69) is 15.1 Å². The second-order valence-corrected chi connectivity index (χ2v) is 7.41. The molecule has 4 rings (SSSR count). The summed E-state index contributed by atoms with van der Waals surface area (Å²) in [6.45, 7) is 1.61. The van der Waals surface area contributed by atoms with Crippen molar-refractivity contribution in [2.24, 2.45) is 5.92 Å². The Morgan fingerprint density at radius 3 is 2.85 bits per heavy atom. The van der Waals surface area contributed by atoms with E-state index >= 15 is 0 Å². The van der Waals surface area contributed by atoms with E-state index in [9.17, 15) is 4.79 Å². The molecule has 3 aromatic rings. The van der Waals surface area contributed by atoms with Gasteiger partial charge in [-0.15, -0.1) is 0 Å². The Morgan fingerprint density at radius 2 is 2.11 bits per heavy atom. The number of anilines is 1. The fraction of sp³-hybridized carbons (Fsp3) is 0.450. The van der Waals surface area contributed by atoms with E-state index in [4.69, 9.17) is 4.52 Å². The van der Waals surface area contributed by atoms with E-state index in [0.717, 1.165) is 61.1 Å². The van der Waals surface area contributed by atoms with Crippen molar-refractivity contribution >= 4 is 22.8 Å². The van der Waals surface area contributed by atoms with Gasteiger partial charge in [0.05, 0.1) is 0 Å². The zero-order valence-electron chi connectivity index (χ0n) is 15.8. The Kier molecular flexibility index (Phi) is 4.83. The number of H-pyrrole nitrogens is 1. The van der Waals surface area contributed by atoms with Gasteiger partial charge in [-0.3, -0.25) is 4.79 Å². The van der Waals surface area contributed by atoms with Crippen LogP contribution in [0.2, 0.25) is 0 Å². The minimum Gasteiger partial charge on any atom is -0.361 e. The third-order valence-electron chi connectivity index (χ3n) is 5.34. The number of rotatable bonds is 5. The molecule has 0 atom stereocenters.